The fourth-order valence-electron chi connectivity index (χ4n) is 2.34. The van der Waals surface area contributed by atoms with Crippen molar-refractivity contribution in [2.24, 2.45) is 0 Å². The summed E-state index contributed by atoms with van der Waals surface area (Å²) in [7, 11) is 1.47. The summed E-state index contributed by atoms with van der Waals surface area (Å²) in [5, 5.41) is 3.14. The van der Waals surface area contributed by atoms with Gasteiger partial charge in [0.05, 0.1) is 24.4 Å². The van der Waals surface area contributed by atoms with Crippen LogP contribution < -0.4 is 10.1 Å². The van der Waals surface area contributed by atoms with Crippen molar-refractivity contribution in [3.05, 3.63) is 23.2 Å². The van der Waals surface area contributed by atoms with E-state index in [1.807, 2.05) is 0 Å². The van der Waals surface area contributed by atoms with E-state index < -0.39 is 6.43 Å². The summed E-state index contributed by atoms with van der Waals surface area (Å²) in [4.78, 5) is 15.5. The van der Waals surface area contributed by atoms with Crippen molar-refractivity contribution in [1.29, 1.82) is 0 Å². The van der Waals surface area contributed by atoms with Crippen LogP contribution >= 0.6 is 11.6 Å². The third kappa shape index (κ3) is 4.20. The fourth-order valence-corrected chi connectivity index (χ4v) is 2.59. The number of rotatable bonds is 4. The van der Waals surface area contributed by atoms with Gasteiger partial charge in [0, 0.05) is 26.2 Å². The normalized spacial score (nSPS) is 16.0. The molecule has 2 rings (SSSR count). The first-order valence-electron chi connectivity index (χ1n) is 6.90. The van der Waals surface area contributed by atoms with Gasteiger partial charge in [-0.1, -0.05) is 17.7 Å². The number of carbonyl (C=O) groups excluding carboxylic acids is 1. The van der Waals surface area contributed by atoms with Crippen molar-refractivity contribution >= 4 is 23.3 Å². The largest absolute Gasteiger partial charge is 0.493 e. The molecule has 1 fully saturated rings. The monoisotopic (exact) mass is 333 g/mol. The highest BCUT2D eigenvalue weighted by Gasteiger charge is 2.23. The van der Waals surface area contributed by atoms with Crippen molar-refractivity contribution < 1.29 is 18.3 Å². The number of alkyl halides is 2. The maximum absolute atomic E-state index is 12.3. The Hall–Kier alpha value is -1.60. The smallest absolute Gasteiger partial charge is 0.322 e. The third-order valence-electron chi connectivity index (χ3n) is 3.47. The maximum atomic E-state index is 12.3. The number of urea groups is 1. The van der Waals surface area contributed by atoms with Gasteiger partial charge in [-0.25, -0.2) is 13.6 Å². The summed E-state index contributed by atoms with van der Waals surface area (Å²) >= 11 is 6.00. The molecule has 0 bridgehead atoms. The van der Waals surface area contributed by atoms with Crippen LogP contribution in [-0.2, 0) is 0 Å². The van der Waals surface area contributed by atoms with E-state index in [0.29, 0.717) is 42.6 Å². The topological polar surface area (TPSA) is 44.8 Å². The molecule has 0 atom stereocenters. The first-order valence-corrected chi connectivity index (χ1v) is 7.28. The average molecular weight is 334 g/mol. The second kappa shape index (κ2) is 7.60. The van der Waals surface area contributed by atoms with Crippen LogP contribution in [0.2, 0.25) is 5.02 Å². The van der Waals surface area contributed by atoms with E-state index in [1.54, 1.807) is 28.0 Å². The molecule has 0 aliphatic carbocycles. The second-order valence-corrected chi connectivity index (χ2v) is 5.34. The lowest BCUT2D eigenvalue weighted by Crippen LogP contribution is -2.50. The molecule has 1 aliphatic heterocycles. The average Bonchev–Trinajstić information content (AvgIpc) is 2.47. The number of methoxy groups -OCH3 is 1. The second-order valence-electron chi connectivity index (χ2n) is 4.93. The first kappa shape index (κ1) is 16.8. The number of halogens is 3. The minimum Gasteiger partial charge on any atom is -0.493 e. The lowest BCUT2D eigenvalue weighted by atomic mass is 10.3. The minimum atomic E-state index is -2.35. The van der Waals surface area contributed by atoms with Crippen molar-refractivity contribution in [2.75, 3.05) is 45.2 Å². The van der Waals surface area contributed by atoms with E-state index in [1.165, 1.54) is 7.11 Å². The summed E-state index contributed by atoms with van der Waals surface area (Å²) < 4.78 is 29.8. The number of nitrogens with one attached hydrogen (secondary N) is 1. The number of nitrogens with zero attached hydrogens (tertiary/aromatic N) is 2. The molecule has 0 aromatic heterocycles. The van der Waals surface area contributed by atoms with Gasteiger partial charge in [0.25, 0.3) is 6.43 Å². The molecule has 122 valence electrons. The molecule has 1 heterocycles. The SMILES string of the molecule is COc1c(Cl)cccc1NC(=O)N1CCN(CC(F)F)CC1. The van der Waals surface area contributed by atoms with E-state index >= 15 is 0 Å². The van der Waals surface area contributed by atoms with Gasteiger partial charge >= 0.3 is 6.03 Å². The predicted molar refractivity (Wildman–Crippen MR) is 81.0 cm³/mol. The van der Waals surface area contributed by atoms with Crippen LogP contribution in [0.25, 0.3) is 0 Å². The molecule has 22 heavy (non-hydrogen) atoms. The molecule has 0 spiro atoms. The summed E-state index contributed by atoms with van der Waals surface area (Å²) in [6.07, 6.45) is -2.35. The van der Waals surface area contributed by atoms with Crippen molar-refractivity contribution in [3.63, 3.8) is 0 Å². The molecule has 5 nitrogen and oxygen atoms in total. The quantitative estimate of drug-likeness (QED) is 0.921. The number of carbonyl (C=O) groups is 1. The highest BCUT2D eigenvalue weighted by atomic mass is 35.5. The molecule has 0 saturated carbocycles. The van der Waals surface area contributed by atoms with E-state index in [0.717, 1.165) is 0 Å². The molecule has 1 aliphatic rings. The van der Waals surface area contributed by atoms with E-state index in [9.17, 15) is 13.6 Å². The number of hydrogen-bond acceptors (Lipinski definition) is 3. The Labute approximate surface area is 132 Å². The first-order chi connectivity index (χ1) is 10.5. The van der Waals surface area contributed by atoms with Gasteiger partial charge in [-0.15, -0.1) is 0 Å². The molecular formula is C14H18ClF2N3O2. The van der Waals surface area contributed by atoms with E-state index in [-0.39, 0.29) is 12.6 Å². The molecule has 1 aromatic carbocycles. The van der Waals surface area contributed by atoms with Crippen LogP contribution in [0, 0.1) is 0 Å². The highest BCUT2D eigenvalue weighted by Crippen LogP contribution is 2.32. The molecule has 1 N–H and O–H groups in total. The lowest BCUT2D eigenvalue weighted by molar-refractivity contribution is 0.0651. The van der Waals surface area contributed by atoms with Gasteiger partial charge < -0.3 is 15.0 Å². The third-order valence-corrected chi connectivity index (χ3v) is 3.77. The molecule has 2 amide bonds. The minimum absolute atomic E-state index is 0.252. The standard InChI is InChI=1S/C14H18ClF2N3O2/c1-22-13-10(15)3-2-4-11(13)18-14(21)20-7-5-19(6-8-20)9-12(16)17/h2-4,12H,5-9H2,1H3,(H,18,21). The Morgan fingerprint density at radius 2 is 2.05 bits per heavy atom. The van der Waals surface area contributed by atoms with Crippen LogP contribution in [-0.4, -0.2) is 62.1 Å². The Kier molecular flexibility index (Phi) is 5.79. The van der Waals surface area contributed by atoms with Gasteiger partial charge in [-0.3, -0.25) is 4.90 Å². The fraction of sp³-hybridized carbons (Fsp3) is 0.500. The van der Waals surface area contributed by atoms with Crippen molar-refractivity contribution in [1.82, 2.24) is 9.80 Å². The lowest BCUT2D eigenvalue weighted by Gasteiger charge is -2.34. The Morgan fingerprint density at radius 3 is 2.64 bits per heavy atom. The van der Waals surface area contributed by atoms with Gasteiger partial charge in [0.1, 0.15) is 0 Å². The van der Waals surface area contributed by atoms with Crippen LogP contribution in [0.4, 0.5) is 19.3 Å². The molecule has 0 radical (unpaired) electrons. The zero-order chi connectivity index (χ0) is 16.1. The number of benzene rings is 1. The number of anilines is 1. The van der Waals surface area contributed by atoms with E-state index in [2.05, 4.69) is 5.32 Å². The Morgan fingerprint density at radius 1 is 1.36 bits per heavy atom. The molecular weight excluding hydrogens is 316 g/mol. The van der Waals surface area contributed by atoms with Crippen LogP contribution in [0.3, 0.4) is 0 Å². The van der Waals surface area contributed by atoms with Gasteiger partial charge in [0.2, 0.25) is 0 Å². The number of hydrogen-bond donors (Lipinski definition) is 1. The summed E-state index contributed by atoms with van der Waals surface area (Å²) in [6, 6.07) is 4.77. The number of para-hydroxylation sites is 1. The highest BCUT2D eigenvalue weighted by molar-refractivity contribution is 6.32. The van der Waals surface area contributed by atoms with E-state index in [4.69, 9.17) is 16.3 Å². The molecule has 1 aromatic rings. The maximum Gasteiger partial charge on any atom is 0.322 e. The van der Waals surface area contributed by atoms with Crippen molar-refractivity contribution in [2.45, 2.75) is 6.43 Å². The zero-order valence-corrected chi connectivity index (χ0v) is 12.9. The predicted octanol–water partition coefficient (Wildman–Crippen LogP) is 2.76. The summed E-state index contributed by atoms with van der Waals surface area (Å²) in [5.41, 5.74) is 0.481. The van der Waals surface area contributed by atoms with Gasteiger partial charge in [-0.2, -0.15) is 0 Å². The molecule has 8 heteroatoms. The summed E-state index contributed by atoms with van der Waals surface area (Å²) in [6.45, 7) is 1.43. The Balaban J connectivity index is 1.93. The van der Waals surface area contributed by atoms with Crippen LogP contribution in [0.5, 0.6) is 5.75 Å². The van der Waals surface area contributed by atoms with Crippen LogP contribution in [0.1, 0.15) is 0 Å². The van der Waals surface area contributed by atoms with Gasteiger partial charge in [0.15, 0.2) is 5.75 Å². The summed E-state index contributed by atoms with van der Waals surface area (Å²) in [5.74, 6) is 0.397. The molecule has 0 unspecified atom stereocenters. The molecule has 1 saturated heterocycles. The van der Waals surface area contributed by atoms with Crippen LogP contribution in [0.15, 0.2) is 18.2 Å². The zero-order valence-electron chi connectivity index (χ0n) is 12.2. The number of amides is 2. The van der Waals surface area contributed by atoms with Crippen molar-refractivity contribution in [3.8, 4) is 5.75 Å². The number of piperazine rings is 1. The number of ether oxygens (including phenoxy) is 1. The Bertz CT molecular complexity index is 523. The van der Waals surface area contributed by atoms with Gasteiger partial charge in [-0.05, 0) is 12.1 Å².